The van der Waals surface area contributed by atoms with E-state index in [4.69, 9.17) is 9.47 Å². The first-order chi connectivity index (χ1) is 14.0. The van der Waals surface area contributed by atoms with E-state index in [9.17, 15) is 13.2 Å². The summed E-state index contributed by atoms with van der Waals surface area (Å²) in [5, 5.41) is 0.456. The smallest absolute Gasteiger partial charge is 0.279 e. The van der Waals surface area contributed by atoms with Gasteiger partial charge < -0.3 is 14.4 Å². The maximum absolute atomic E-state index is 12.6. The molecule has 0 unspecified atom stereocenters. The summed E-state index contributed by atoms with van der Waals surface area (Å²) in [5.41, 5.74) is 1.45. The van der Waals surface area contributed by atoms with Crippen molar-refractivity contribution < 1.29 is 22.7 Å². The Kier molecular flexibility index (Phi) is 4.51. The molecule has 1 amide bonds. The lowest BCUT2D eigenvalue weighted by atomic mass is 10.1. The van der Waals surface area contributed by atoms with Crippen molar-refractivity contribution in [1.29, 1.82) is 0 Å². The van der Waals surface area contributed by atoms with E-state index in [0.29, 0.717) is 28.8 Å². The van der Waals surface area contributed by atoms with Gasteiger partial charge in [-0.2, -0.15) is 4.99 Å². The van der Waals surface area contributed by atoms with Crippen molar-refractivity contribution >= 4 is 32.7 Å². The monoisotopic (exact) mass is 430 g/mol. The fraction of sp³-hybridized carbons (Fsp3) is 0.300. The van der Waals surface area contributed by atoms with Crippen molar-refractivity contribution in [2.75, 3.05) is 18.3 Å². The fourth-order valence-corrected chi connectivity index (χ4v) is 7.74. The van der Waals surface area contributed by atoms with Crippen molar-refractivity contribution in [2.45, 2.75) is 17.8 Å². The SMILES string of the molecule is O=C(N=C1S[C@@H]2CS(=O)(=O)C[C@@H]2N1Cc1ccc2c(c1)OCO2)c1ccccc1. The Morgan fingerprint density at radius 3 is 2.72 bits per heavy atom. The molecule has 29 heavy (non-hydrogen) atoms. The van der Waals surface area contributed by atoms with Crippen molar-refractivity contribution in [1.82, 2.24) is 4.90 Å². The predicted octanol–water partition coefficient (Wildman–Crippen LogP) is 2.33. The lowest BCUT2D eigenvalue weighted by molar-refractivity contribution is 0.100. The zero-order valence-electron chi connectivity index (χ0n) is 15.4. The number of hydrogen-bond acceptors (Lipinski definition) is 6. The first kappa shape index (κ1) is 18.5. The van der Waals surface area contributed by atoms with Crippen LogP contribution in [0.1, 0.15) is 15.9 Å². The summed E-state index contributed by atoms with van der Waals surface area (Å²) in [6, 6.07) is 14.3. The van der Waals surface area contributed by atoms with Crippen LogP contribution in [0.15, 0.2) is 53.5 Å². The number of hydrogen-bond donors (Lipinski definition) is 0. The molecule has 7 nitrogen and oxygen atoms in total. The van der Waals surface area contributed by atoms with E-state index < -0.39 is 9.84 Å². The summed E-state index contributed by atoms with van der Waals surface area (Å²) in [5.74, 6) is 1.22. The highest BCUT2D eigenvalue weighted by Crippen LogP contribution is 2.40. The number of fused-ring (bicyclic) bond motifs is 2. The van der Waals surface area contributed by atoms with Gasteiger partial charge in [0.05, 0.1) is 17.5 Å². The van der Waals surface area contributed by atoms with Crippen LogP contribution >= 0.6 is 11.8 Å². The summed E-state index contributed by atoms with van der Waals surface area (Å²) in [4.78, 5) is 18.9. The van der Waals surface area contributed by atoms with E-state index >= 15 is 0 Å². The van der Waals surface area contributed by atoms with E-state index in [1.54, 1.807) is 24.3 Å². The quantitative estimate of drug-likeness (QED) is 0.739. The molecule has 0 bridgehead atoms. The molecule has 2 aromatic rings. The Balaban J connectivity index is 1.46. The van der Waals surface area contributed by atoms with Crippen LogP contribution in [-0.2, 0) is 16.4 Å². The summed E-state index contributed by atoms with van der Waals surface area (Å²) in [7, 11) is -3.09. The molecule has 2 aromatic carbocycles. The van der Waals surface area contributed by atoms with E-state index in [1.807, 2.05) is 29.2 Å². The lowest BCUT2D eigenvalue weighted by Crippen LogP contribution is -2.37. The van der Waals surface area contributed by atoms with Crippen LogP contribution in [0.2, 0.25) is 0 Å². The maximum Gasteiger partial charge on any atom is 0.279 e. The average Bonchev–Trinajstić information content (AvgIpc) is 3.36. The molecule has 0 radical (unpaired) electrons. The number of amides is 1. The van der Waals surface area contributed by atoms with Crippen LogP contribution in [0.5, 0.6) is 11.5 Å². The third kappa shape index (κ3) is 3.60. The van der Waals surface area contributed by atoms with Crippen LogP contribution in [0.25, 0.3) is 0 Å². The summed E-state index contributed by atoms with van der Waals surface area (Å²) < 4.78 is 35.1. The molecular formula is C20H18N2O5S2. The molecule has 3 aliphatic heterocycles. The van der Waals surface area contributed by atoms with Gasteiger partial charge in [0.2, 0.25) is 6.79 Å². The van der Waals surface area contributed by atoms with Gasteiger partial charge in [-0.3, -0.25) is 4.79 Å². The van der Waals surface area contributed by atoms with Crippen molar-refractivity contribution in [3.05, 3.63) is 59.7 Å². The molecule has 0 saturated carbocycles. The Morgan fingerprint density at radius 1 is 1.10 bits per heavy atom. The summed E-state index contributed by atoms with van der Waals surface area (Å²) in [6.45, 7) is 0.640. The largest absolute Gasteiger partial charge is 0.454 e. The number of benzene rings is 2. The number of ether oxygens (including phenoxy) is 2. The van der Waals surface area contributed by atoms with Crippen molar-refractivity contribution in [2.24, 2.45) is 4.99 Å². The van der Waals surface area contributed by atoms with Gasteiger partial charge in [-0.1, -0.05) is 36.0 Å². The van der Waals surface area contributed by atoms with Crippen molar-refractivity contribution in [3.63, 3.8) is 0 Å². The molecule has 2 atom stereocenters. The van der Waals surface area contributed by atoms with Crippen LogP contribution in [0.3, 0.4) is 0 Å². The molecule has 0 aliphatic carbocycles. The summed E-state index contributed by atoms with van der Waals surface area (Å²) >= 11 is 1.38. The average molecular weight is 431 g/mol. The normalized spacial score (nSPS) is 25.4. The Labute approximate surface area is 172 Å². The molecule has 0 N–H and O–H groups in total. The van der Waals surface area contributed by atoms with E-state index in [0.717, 1.165) is 5.56 Å². The minimum Gasteiger partial charge on any atom is -0.454 e. The molecule has 150 valence electrons. The Hall–Kier alpha value is -2.52. The second-order valence-corrected chi connectivity index (χ2v) is 10.5. The highest BCUT2D eigenvalue weighted by molar-refractivity contribution is 8.15. The second-order valence-electron chi connectivity index (χ2n) is 7.18. The zero-order valence-corrected chi connectivity index (χ0v) is 17.0. The summed E-state index contributed by atoms with van der Waals surface area (Å²) in [6.07, 6.45) is 0. The molecular weight excluding hydrogens is 412 g/mol. The number of amidine groups is 1. The minimum atomic E-state index is -3.09. The number of carbonyl (C=O) groups is 1. The maximum atomic E-state index is 12.6. The third-order valence-electron chi connectivity index (χ3n) is 5.18. The minimum absolute atomic E-state index is 0.0771. The van der Waals surface area contributed by atoms with E-state index in [-0.39, 0.29) is 35.5 Å². The Bertz CT molecular complexity index is 1100. The molecule has 9 heteroatoms. The third-order valence-corrected chi connectivity index (χ3v) is 8.43. The standard InChI is InChI=1S/C20H18N2O5S2/c23-19(14-4-2-1-3-5-14)21-20-22(15-10-29(24,25)11-18(15)28-20)9-13-6-7-16-17(8-13)27-12-26-16/h1-8,15,18H,9-12H2/t15-,18+/m0/s1. The van der Waals surface area contributed by atoms with E-state index in [2.05, 4.69) is 4.99 Å². The van der Waals surface area contributed by atoms with E-state index in [1.165, 1.54) is 11.8 Å². The molecule has 2 saturated heterocycles. The highest BCUT2D eigenvalue weighted by Gasteiger charge is 2.48. The number of nitrogens with zero attached hydrogens (tertiary/aromatic N) is 2. The van der Waals surface area contributed by atoms with Gasteiger partial charge in [0.15, 0.2) is 26.5 Å². The number of aliphatic imine (C=N–C) groups is 1. The van der Waals surface area contributed by atoms with Gasteiger partial charge in [-0.15, -0.1) is 0 Å². The van der Waals surface area contributed by atoms with Gasteiger partial charge in [-0.05, 0) is 29.8 Å². The highest BCUT2D eigenvalue weighted by atomic mass is 32.2. The molecule has 0 spiro atoms. The van der Waals surface area contributed by atoms with Gasteiger partial charge in [-0.25, -0.2) is 8.42 Å². The number of rotatable bonds is 3. The van der Waals surface area contributed by atoms with Crippen LogP contribution in [0.4, 0.5) is 0 Å². The van der Waals surface area contributed by atoms with Gasteiger partial charge >= 0.3 is 0 Å². The van der Waals surface area contributed by atoms with Crippen LogP contribution < -0.4 is 9.47 Å². The molecule has 5 rings (SSSR count). The molecule has 3 heterocycles. The van der Waals surface area contributed by atoms with Gasteiger partial charge in [0, 0.05) is 17.4 Å². The number of sulfone groups is 1. The van der Waals surface area contributed by atoms with Crippen LogP contribution in [0, 0.1) is 0 Å². The number of carbonyl (C=O) groups excluding carboxylic acids is 1. The second kappa shape index (κ2) is 7.07. The first-order valence-corrected chi connectivity index (χ1v) is 11.9. The molecule has 0 aromatic heterocycles. The first-order valence-electron chi connectivity index (χ1n) is 9.19. The number of thioether (sulfide) groups is 1. The Morgan fingerprint density at radius 2 is 1.90 bits per heavy atom. The topological polar surface area (TPSA) is 85.3 Å². The van der Waals surface area contributed by atoms with Gasteiger partial charge in [0.1, 0.15) is 0 Å². The molecule has 2 fully saturated rings. The lowest BCUT2D eigenvalue weighted by Gasteiger charge is -2.24. The predicted molar refractivity (Wildman–Crippen MR) is 110 cm³/mol. The fourth-order valence-electron chi connectivity index (χ4n) is 3.79. The molecule has 3 aliphatic rings. The van der Waals surface area contributed by atoms with Crippen molar-refractivity contribution in [3.8, 4) is 11.5 Å². The van der Waals surface area contributed by atoms with Gasteiger partial charge in [0.25, 0.3) is 5.91 Å². The zero-order chi connectivity index (χ0) is 20.0. The van der Waals surface area contributed by atoms with Crippen LogP contribution in [-0.4, -0.2) is 54.0 Å².